The van der Waals surface area contributed by atoms with Gasteiger partial charge in [-0.2, -0.15) is 0 Å². The number of hydrogen-bond donors (Lipinski definition) is 2. The third kappa shape index (κ3) is 8.31. The molecule has 0 spiro atoms. The van der Waals surface area contributed by atoms with Crippen LogP contribution in [-0.4, -0.2) is 87.9 Å². The number of hydrogen-bond acceptors (Lipinski definition) is 8. The molecule has 0 radical (unpaired) electrons. The number of nitro groups is 1. The number of para-hydroxylation sites is 1. The van der Waals surface area contributed by atoms with Gasteiger partial charge in [0, 0.05) is 32.2 Å². The maximum absolute atomic E-state index is 13.9. The number of benzene rings is 1. The zero-order valence-electron chi connectivity index (χ0n) is 27.0. The van der Waals surface area contributed by atoms with Gasteiger partial charge in [0.15, 0.2) is 5.76 Å². The Bertz CT molecular complexity index is 1400. The molecule has 1 aromatic carbocycles. The van der Waals surface area contributed by atoms with Crippen molar-refractivity contribution in [3.8, 4) is 11.3 Å². The van der Waals surface area contributed by atoms with Crippen LogP contribution in [0.3, 0.4) is 0 Å². The molecule has 46 heavy (non-hydrogen) atoms. The molecule has 13 heteroatoms. The van der Waals surface area contributed by atoms with Crippen molar-refractivity contribution in [3.63, 3.8) is 0 Å². The van der Waals surface area contributed by atoms with Gasteiger partial charge in [-0.3, -0.25) is 34.5 Å². The van der Waals surface area contributed by atoms with Crippen LogP contribution in [0.25, 0.3) is 11.3 Å². The van der Waals surface area contributed by atoms with Crippen molar-refractivity contribution in [1.82, 2.24) is 20.2 Å². The molecule has 13 nitrogen and oxygen atoms in total. The van der Waals surface area contributed by atoms with Crippen LogP contribution in [0.15, 0.2) is 40.8 Å². The minimum Gasteiger partial charge on any atom is -0.451 e. The van der Waals surface area contributed by atoms with Crippen LogP contribution < -0.4 is 5.32 Å². The number of rotatable bonds is 12. The lowest BCUT2D eigenvalue weighted by Crippen LogP contribution is -2.58. The molecule has 4 amide bonds. The molecule has 250 valence electrons. The number of carbonyl (C=O) groups is 4. The van der Waals surface area contributed by atoms with Crippen molar-refractivity contribution in [1.29, 1.82) is 0 Å². The highest BCUT2D eigenvalue weighted by Crippen LogP contribution is 2.33. The Morgan fingerprint density at radius 3 is 2.37 bits per heavy atom. The van der Waals surface area contributed by atoms with E-state index in [1.165, 1.54) is 12.1 Å². The fourth-order valence-electron chi connectivity index (χ4n) is 6.52. The number of piperidine rings is 1. The van der Waals surface area contributed by atoms with E-state index in [0.717, 1.165) is 25.7 Å². The molecule has 1 saturated heterocycles. The molecular weight excluding hydrogens is 594 g/mol. The zero-order chi connectivity index (χ0) is 33.6. The van der Waals surface area contributed by atoms with Gasteiger partial charge >= 0.3 is 0 Å². The minimum absolute atomic E-state index is 0.0784. The topological polar surface area (TPSA) is 167 Å². The van der Waals surface area contributed by atoms with E-state index in [4.69, 9.17) is 4.42 Å². The van der Waals surface area contributed by atoms with Crippen molar-refractivity contribution >= 4 is 29.8 Å². The first-order valence-electron chi connectivity index (χ1n) is 15.9. The highest BCUT2D eigenvalue weighted by Gasteiger charge is 2.39. The highest BCUT2D eigenvalue weighted by atomic mass is 16.6. The van der Waals surface area contributed by atoms with Crippen LogP contribution in [0.2, 0.25) is 0 Å². The SMILES string of the molecule is CN(C(=O)[C@@H](NC(=O)[C@H](CC1CCCC1)CN(O)C=O)C(C)(C)C)C1CCN(C(=O)c2ccc(-c3ccccc3[N+](=O)[O-])o2)CC1. The molecular formula is C33H45N5O8. The summed E-state index contributed by atoms with van der Waals surface area (Å²) in [5, 5.41) is 24.8. The second kappa shape index (κ2) is 14.9. The number of amides is 4. The molecule has 2 aliphatic rings. The fraction of sp³-hybridized carbons (Fsp3) is 0.576. The van der Waals surface area contributed by atoms with E-state index in [0.29, 0.717) is 43.3 Å². The average molecular weight is 640 g/mol. The van der Waals surface area contributed by atoms with Gasteiger partial charge in [-0.1, -0.05) is 58.6 Å². The van der Waals surface area contributed by atoms with Crippen LogP contribution in [0.1, 0.15) is 76.3 Å². The van der Waals surface area contributed by atoms with E-state index in [1.807, 2.05) is 20.8 Å². The van der Waals surface area contributed by atoms with Gasteiger partial charge < -0.3 is 19.5 Å². The minimum atomic E-state index is -0.845. The molecule has 1 saturated carbocycles. The largest absolute Gasteiger partial charge is 0.451 e. The summed E-state index contributed by atoms with van der Waals surface area (Å²) in [5.41, 5.74) is -0.452. The monoisotopic (exact) mass is 639 g/mol. The van der Waals surface area contributed by atoms with Crippen molar-refractivity contribution in [2.45, 2.75) is 77.8 Å². The summed E-state index contributed by atoms with van der Waals surface area (Å²) in [7, 11) is 1.71. The Labute approximate surface area is 269 Å². The number of nitro benzene ring substituents is 1. The molecule has 2 atom stereocenters. The molecule has 0 bridgehead atoms. The van der Waals surface area contributed by atoms with Gasteiger partial charge in [0.2, 0.25) is 18.2 Å². The maximum Gasteiger partial charge on any atom is 0.289 e. The third-order valence-electron chi connectivity index (χ3n) is 9.22. The summed E-state index contributed by atoms with van der Waals surface area (Å²) in [6, 6.07) is 8.21. The van der Waals surface area contributed by atoms with E-state index in [1.54, 1.807) is 41.1 Å². The predicted octanol–water partition coefficient (Wildman–Crippen LogP) is 4.49. The van der Waals surface area contributed by atoms with Crippen LogP contribution in [0.5, 0.6) is 0 Å². The number of nitrogens with one attached hydrogen (secondary N) is 1. The normalized spacial score (nSPS) is 17.3. The lowest BCUT2D eigenvalue weighted by atomic mass is 9.84. The molecule has 2 aromatic rings. The number of furan rings is 1. The van der Waals surface area contributed by atoms with Gasteiger partial charge in [-0.15, -0.1) is 0 Å². The predicted molar refractivity (Wildman–Crippen MR) is 169 cm³/mol. The quantitative estimate of drug-likeness (QED) is 0.148. The number of likely N-dealkylation sites (N-methyl/N-ethyl adjacent to an activating group) is 1. The molecule has 4 rings (SSSR count). The van der Waals surface area contributed by atoms with Gasteiger partial charge in [0.1, 0.15) is 11.8 Å². The first-order valence-corrected chi connectivity index (χ1v) is 15.9. The standard InChI is InChI=1S/C33H45N5O8/c1-33(2,3)29(34-30(40)23(20-37(43)21-39)19-22-9-5-6-10-22)32(42)35(4)24-15-17-36(18-16-24)31(41)28-14-13-27(46-28)25-11-7-8-12-26(25)38(44)45/h7-8,11-14,21-24,29,43H,5-6,9-10,15-20H2,1-4H3,(H,34,40)/t23-,29-/m1/s1. The Kier molecular flexibility index (Phi) is 11.2. The van der Waals surface area contributed by atoms with E-state index >= 15 is 0 Å². The Morgan fingerprint density at radius 1 is 1.11 bits per heavy atom. The summed E-state index contributed by atoms with van der Waals surface area (Å²) < 4.78 is 5.75. The van der Waals surface area contributed by atoms with E-state index in [2.05, 4.69) is 5.32 Å². The first-order chi connectivity index (χ1) is 21.8. The molecule has 2 N–H and O–H groups in total. The smallest absolute Gasteiger partial charge is 0.289 e. The number of nitrogens with zero attached hydrogens (tertiary/aromatic N) is 4. The summed E-state index contributed by atoms with van der Waals surface area (Å²) in [6.45, 7) is 6.24. The van der Waals surface area contributed by atoms with Crippen LogP contribution in [-0.2, 0) is 14.4 Å². The molecule has 2 heterocycles. The molecule has 1 aliphatic carbocycles. The van der Waals surface area contributed by atoms with Gasteiger partial charge in [0.25, 0.3) is 11.6 Å². The van der Waals surface area contributed by atoms with Crippen molar-refractivity contribution in [2.24, 2.45) is 17.3 Å². The van der Waals surface area contributed by atoms with E-state index in [-0.39, 0.29) is 59.5 Å². The number of carbonyl (C=O) groups excluding carboxylic acids is 4. The van der Waals surface area contributed by atoms with Crippen LogP contribution in [0, 0.1) is 27.4 Å². The Hall–Kier alpha value is -4.26. The lowest BCUT2D eigenvalue weighted by molar-refractivity contribution is -0.384. The zero-order valence-corrected chi connectivity index (χ0v) is 27.0. The van der Waals surface area contributed by atoms with Crippen LogP contribution in [0.4, 0.5) is 5.69 Å². The molecule has 1 aliphatic heterocycles. The second-order valence-electron chi connectivity index (χ2n) is 13.5. The van der Waals surface area contributed by atoms with E-state index < -0.39 is 22.3 Å². The molecule has 2 fully saturated rings. The Morgan fingerprint density at radius 2 is 1.76 bits per heavy atom. The summed E-state index contributed by atoms with van der Waals surface area (Å²) in [6.07, 6.45) is 6.02. The average Bonchev–Trinajstić information content (AvgIpc) is 3.74. The molecule has 0 unspecified atom stereocenters. The fourth-order valence-corrected chi connectivity index (χ4v) is 6.52. The summed E-state index contributed by atoms with van der Waals surface area (Å²) >= 11 is 0. The van der Waals surface area contributed by atoms with Crippen molar-refractivity contribution in [2.75, 3.05) is 26.7 Å². The number of likely N-dealkylation sites (tertiary alicyclic amines) is 1. The van der Waals surface area contributed by atoms with Gasteiger partial charge in [-0.25, -0.2) is 5.06 Å². The summed E-state index contributed by atoms with van der Waals surface area (Å²) in [4.78, 5) is 66.0. The molecule has 1 aromatic heterocycles. The maximum atomic E-state index is 13.9. The lowest BCUT2D eigenvalue weighted by Gasteiger charge is -2.40. The third-order valence-corrected chi connectivity index (χ3v) is 9.22. The second-order valence-corrected chi connectivity index (χ2v) is 13.5. The highest BCUT2D eigenvalue weighted by molar-refractivity contribution is 5.92. The van der Waals surface area contributed by atoms with E-state index in [9.17, 15) is 34.5 Å². The first kappa shape index (κ1) is 34.6. The van der Waals surface area contributed by atoms with Gasteiger partial charge in [0.05, 0.1) is 22.9 Å². The van der Waals surface area contributed by atoms with Gasteiger partial charge in [-0.05, 0) is 48.8 Å². The van der Waals surface area contributed by atoms with Crippen molar-refractivity contribution in [3.05, 3.63) is 52.3 Å². The summed E-state index contributed by atoms with van der Waals surface area (Å²) in [5.74, 6) is -0.955. The number of hydroxylamine groups is 2. The van der Waals surface area contributed by atoms with Crippen LogP contribution >= 0.6 is 0 Å². The Balaban J connectivity index is 1.38. The van der Waals surface area contributed by atoms with Crippen molar-refractivity contribution < 1.29 is 33.7 Å².